The number of hydrogen-bond donors (Lipinski definition) is 2. The van der Waals surface area contributed by atoms with E-state index in [-0.39, 0.29) is 0 Å². The minimum atomic E-state index is -1.11. The largest absolute Gasteiger partial charge is 0.480 e. The summed E-state index contributed by atoms with van der Waals surface area (Å²) >= 11 is 0. The Morgan fingerprint density at radius 2 is 1.95 bits per heavy atom. The van der Waals surface area contributed by atoms with Crippen molar-refractivity contribution in [3.8, 4) is 0 Å². The molecule has 0 heterocycles. The summed E-state index contributed by atoms with van der Waals surface area (Å²) in [6, 6.07) is 3.47. The van der Waals surface area contributed by atoms with E-state index in [0.29, 0.717) is 11.3 Å². The second-order valence-corrected chi connectivity index (χ2v) is 5.54. The predicted octanol–water partition coefficient (Wildman–Crippen LogP) is 2.85. The van der Waals surface area contributed by atoms with Crippen LogP contribution in [-0.4, -0.2) is 34.1 Å². The van der Waals surface area contributed by atoms with Gasteiger partial charge in [-0.15, -0.1) is 0 Å². The van der Waals surface area contributed by atoms with E-state index in [0.717, 1.165) is 0 Å². The van der Waals surface area contributed by atoms with Crippen LogP contribution >= 0.6 is 0 Å². The van der Waals surface area contributed by atoms with Crippen LogP contribution in [0, 0.1) is 12.7 Å². The van der Waals surface area contributed by atoms with E-state index in [2.05, 4.69) is 5.32 Å². The molecule has 0 aromatic heterocycles. The number of anilines is 1. The monoisotopic (exact) mass is 282 g/mol. The molecule has 0 aliphatic rings. The van der Waals surface area contributed by atoms with Crippen molar-refractivity contribution >= 4 is 17.7 Å². The molecule has 0 saturated carbocycles. The van der Waals surface area contributed by atoms with Crippen molar-refractivity contribution in [1.82, 2.24) is 4.90 Å². The van der Waals surface area contributed by atoms with Crippen LogP contribution in [0.3, 0.4) is 0 Å². The van der Waals surface area contributed by atoms with Gasteiger partial charge in [0.25, 0.3) is 0 Å². The third-order valence-corrected chi connectivity index (χ3v) is 2.79. The number of nitrogens with one attached hydrogen (secondary N) is 1. The van der Waals surface area contributed by atoms with Crippen LogP contribution in [-0.2, 0) is 4.79 Å². The maximum Gasteiger partial charge on any atom is 0.323 e. The quantitative estimate of drug-likeness (QED) is 0.895. The van der Waals surface area contributed by atoms with Crippen molar-refractivity contribution < 1.29 is 19.1 Å². The number of carboxylic acid groups (broad SMARTS) is 1. The summed E-state index contributed by atoms with van der Waals surface area (Å²) in [5, 5.41) is 11.4. The topological polar surface area (TPSA) is 69.6 Å². The third-order valence-electron chi connectivity index (χ3n) is 2.79. The number of carboxylic acids is 1. The molecular formula is C14H19FN2O3. The number of carbonyl (C=O) groups is 2. The van der Waals surface area contributed by atoms with E-state index >= 15 is 0 Å². The van der Waals surface area contributed by atoms with Crippen LogP contribution in [0.15, 0.2) is 18.2 Å². The van der Waals surface area contributed by atoms with E-state index in [1.165, 1.54) is 17.0 Å². The van der Waals surface area contributed by atoms with Crippen LogP contribution in [0.1, 0.15) is 26.3 Å². The average molecular weight is 282 g/mol. The lowest BCUT2D eigenvalue weighted by Gasteiger charge is -2.34. The van der Waals surface area contributed by atoms with Gasteiger partial charge in [0.1, 0.15) is 12.4 Å². The zero-order valence-corrected chi connectivity index (χ0v) is 12.0. The lowest BCUT2D eigenvalue weighted by molar-refractivity contribution is -0.138. The molecule has 0 bridgehead atoms. The Morgan fingerprint density at radius 3 is 2.45 bits per heavy atom. The molecule has 5 nitrogen and oxygen atoms in total. The molecule has 0 atom stereocenters. The van der Waals surface area contributed by atoms with Crippen LogP contribution in [0.25, 0.3) is 0 Å². The smallest absolute Gasteiger partial charge is 0.323 e. The number of rotatable bonds is 3. The molecule has 0 aliphatic carbocycles. The summed E-state index contributed by atoms with van der Waals surface area (Å²) in [4.78, 5) is 24.2. The van der Waals surface area contributed by atoms with Gasteiger partial charge >= 0.3 is 12.0 Å². The van der Waals surface area contributed by atoms with Gasteiger partial charge in [-0.3, -0.25) is 4.79 Å². The fourth-order valence-electron chi connectivity index (χ4n) is 1.66. The van der Waals surface area contributed by atoms with Crippen LogP contribution in [0.5, 0.6) is 0 Å². The zero-order valence-electron chi connectivity index (χ0n) is 12.0. The molecule has 0 spiro atoms. The molecule has 20 heavy (non-hydrogen) atoms. The second-order valence-electron chi connectivity index (χ2n) is 5.54. The lowest BCUT2D eigenvalue weighted by atomic mass is 10.1. The first kappa shape index (κ1) is 15.9. The molecule has 1 rings (SSSR count). The number of benzene rings is 1. The van der Waals surface area contributed by atoms with Gasteiger partial charge in [-0.05, 0) is 45.4 Å². The molecule has 1 aromatic carbocycles. The van der Waals surface area contributed by atoms with E-state index < -0.39 is 29.9 Å². The van der Waals surface area contributed by atoms with Gasteiger partial charge in [0, 0.05) is 11.2 Å². The first-order chi connectivity index (χ1) is 9.11. The average Bonchev–Trinajstić information content (AvgIpc) is 2.29. The highest BCUT2D eigenvalue weighted by Gasteiger charge is 2.28. The van der Waals surface area contributed by atoms with Crippen molar-refractivity contribution in [1.29, 1.82) is 0 Å². The first-order valence-corrected chi connectivity index (χ1v) is 6.18. The number of aliphatic carboxylic acids is 1. The SMILES string of the molecule is Cc1ccc(F)cc1NC(=O)N(CC(=O)O)C(C)(C)C. The summed E-state index contributed by atoms with van der Waals surface area (Å²) in [7, 11) is 0. The minimum Gasteiger partial charge on any atom is -0.480 e. The number of nitrogens with zero attached hydrogens (tertiary/aromatic N) is 1. The molecule has 2 N–H and O–H groups in total. The van der Waals surface area contributed by atoms with Crippen molar-refractivity contribution in [3.05, 3.63) is 29.6 Å². The maximum absolute atomic E-state index is 13.2. The molecule has 0 aliphatic heterocycles. The van der Waals surface area contributed by atoms with Crippen molar-refractivity contribution in [2.75, 3.05) is 11.9 Å². The van der Waals surface area contributed by atoms with Gasteiger partial charge in [-0.2, -0.15) is 0 Å². The fraction of sp³-hybridized carbons (Fsp3) is 0.429. The number of carbonyl (C=O) groups excluding carboxylic acids is 1. The molecular weight excluding hydrogens is 263 g/mol. The van der Waals surface area contributed by atoms with Gasteiger partial charge in [-0.1, -0.05) is 6.07 Å². The molecule has 0 unspecified atom stereocenters. The Kier molecular flexibility index (Phi) is 4.70. The highest BCUT2D eigenvalue weighted by atomic mass is 19.1. The Hall–Kier alpha value is -2.11. The van der Waals surface area contributed by atoms with Gasteiger partial charge in [0.15, 0.2) is 0 Å². The Morgan fingerprint density at radius 1 is 1.35 bits per heavy atom. The molecule has 0 saturated heterocycles. The van der Waals surface area contributed by atoms with Crippen LogP contribution < -0.4 is 5.32 Å². The third kappa shape index (κ3) is 4.22. The second kappa shape index (κ2) is 5.90. The summed E-state index contributed by atoms with van der Waals surface area (Å²) in [6.45, 7) is 6.49. The summed E-state index contributed by atoms with van der Waals surface area (Å²) in [5.74, 6) is -1.57. The predicted molar refractivity (Wildman–Crippen MR) is 74.3 cm³/mol. The van der Waals surface area contributed by atoms with E-state index in [1.807, 2.05) is 0 Å². The van der Waals surface area contributed by atoms with Crippen molar-refractivity contribution in [2.24, 2.45) is 0 Å². The lowest BCUT2D eigenvalue weighted by Crippen LogP contribution is -2.50. The summed E-state index contributed by atoms with van der Waals surface area (Å²) in [5.41, 5.74) is 0.363. The highest BCUT2D eigenvalue weighted by Crippen LogP contribution is 2.19. The number of amides is 2. The molecule has 0 fully saturated rings. The Balaban J connectivity index is 2.96. The van der Waals surface area contributed by atoms with E-state index in [4.69, 9.17) is 5.11 Å². The van der Waals surface area contributed by atoms with Crippen molar-refractivity contribution in [3.63, 3.8) is 0 Å². The van der Waals surface area contributed by atoms with E-state index in [9.17, 15) is 14.0 Å². The van der Waals surface area contributed by atoms with E-state index in [1.54, 1.807) is 33.8 Å². The highest BCUT2D eigenvalue weighted by molar-refractivity contribution is 5.92. The van der Waals surface area contributed by atoms with Gasteiger partial charge < -0.3 is 15.3 Å². The first-order valence-electron chi connectivity index (χ1n) is 6.18. The minimum absolute atomic E-state index is 0.328. The summed E-state index contributed by atoms with van der Waals surface area (Å²) in [6.07, 6.45) is 0. The summed E-state index contributed by atoms with van der Waals surface area (Å²) < 4.78 is 13.2. The molecule has 0 radical (unpaired) electrons. The van der Waals surface area contributed by atoms with Crippen LogP contribution in [0.2, 0.25) is 0 Å². The maximum atomic E-state index is 13.2. The number of aryl methyl sites for hydroxylation is 1. The number of urea groups is 1. The zero-order chi connectivity index (χ0) is 15.5. The number of halogens is 1. The standard InChI is InChI=1S/C14H19FN2O3/c1-9-5-6-10(15)7-11(9)16-13(20)17(8-12(18)19)14(2,3)4/h5-7H,8H2,1-4H3,(H,16,20)(H,18,19). The molecule has 6 heteroatoms. The van der Waals surface area contributed by atoms with Gasteiger partial charge in [-0.25, -0.2) is 9.18 Å². The molecule has 2 amide bonds. The van der Waals surface area contributed by atoms with Gasteiger partial charge in [0.05, 0.1) is 0 Å². The number of hydrogen-bond acceptors (Lipinski definition) is 2. The normalized spacial score (nSPS) is 11.1. The Labute approximate surface area is 117 Å². The molecule has 110 valence electrons. The molecule has 1 aromatic rings. The Bertz CT molecular complexity index is 524. The fourth-order valence-corrected chi connectivity index (χ4v) is 1.66. The van der Waals surface area contributed by atoms with Gasteiger partial charge in [0.2, 0.25) is 0 Å². The van der Waals surface area contributed by atoms with Crippen LogP contribution in [0.4, 0.5) is 14.9 Å². The van der Waals surface area contributed by atoms with Crippen molar-refractivity contribution in [2.45, 2.75) is 33.2 Å².